The number of nitrogens with two attached hydrogens (primary N) is 1. The molecule has 4 nitrogen and oxygen atoms in total. The number of carbonyl (C=O) groups is 1. The summed E-state index contributed by atoms with van der Waals surface area (Å²) in [5, 5.41) is 0. The Balaban J connectivity index is 2.29. The fraction of sp³-hybridized carbons (Fsp3) is 0.889. The summed E-state index contributed by atoms with van der Waals surface area (Å²) < 4.78 is 10.1. The molecule has 0 amide bonds. The number of hydrogen-bond donors (Lipinski definition) is 1. The largest absolute Gasteiger partial charge is 0.466 e. The standard InChI is InChI=1S/C9H17NO3/c1-2-13-9(11)5-7-6-12-4-3-8(7)10/h7-8H,2-6,10H2,1H3. The molecule has 1 fully saturated rings. The molecule has 1 aliphatic heterocycles. The molecule has 1 aliphatic rings. The summed E-state index contributed by atoms with van der Waals surface area (Å²) in [5.74, 6) is -0.0405. The van der Waals surface area contributed by atoms with Crippen molar-refractivity contribution < 1.29 is 14.3 Å². The van der Waals surface area contributed by atoms with Gasteiger partial charge in [0.05, 0.1) is 19.6 Å². The molecular weight excluding hydrogens is 170 g/mol. The van der Waals surface area contributed by atoms with Crippen LogP contribution in [0.15, 0.2) is 0 Å². The molecule has 13 heavy (non-hydrogen) atoms. The summed E-state index contributed by atoms with van der Waals surface area (Å²) in [5.41, 5.74) is 5.84. The van der Waals surface area contributed by atoms with Gasteiger partial charge in [0.2, 0.25) is 0 Å². The molecule has 2 N–H and O–H groups in total. The Morgan fingerprint density at radius 1 is 1.69 bits per heavy atom. The Morgan fingerprint density at radius 3 is 3.08 bits per heavy atom. The van der Waals surface area contributed by atoms with E-state index in [-0.39, 0.29) is 17.9 Å². The fourth-order valence-corrected chi connectivity index (χ4v) is 1.46. The number of ether oxygens (including phenoxy) is 2. The van der Waals surface area contributed by atoms with E-state index >= 15 is 0 Å². The number of carbonyl (C=O) groups excluding carboxylic acids is 1. The highest BCUT2D eigenvalue weighted by Crippen LogP contribution is 2.16. The number of esters is 1. The maximum Gasteiger partial charge on any atom is 0.306 e. The van der Waals surface area contributed by atoms with Gasteiger partial charge in [-0.3, -0.25) is 4.79 Å². The van der Waals surface area contributed by atoms with Gasteiger partial charge in [0.25, 0.3) is 0 Å². The Hall–Kier alpha value is -0.610. The van der Waals surface area contributed by atoms with Gasteiger partial charge in [-0.05, 0) is 13.3 Å². The zero-order valence-corrected chi connectivity index (χ0v) is 7.99. The van der Waals surface area contributed by atoms with E-state index in [0.717, 1.165) is 6.42 Å². The Morgan fingerprint density at radius 2 is 2.46 bits per heavy atom. The van der Waals surface area contributed by atoms with Crippen molar-refractivity contribution in [2.24, 2.45) is 11.7 Å². The molecule has 76 valence electrons. The van der Waals surface area contributed by atoms with Gasteiger partial charge in [0, 0.05) is 18.6 Å². The average Bonchev–Trinajstić information content (AvgIpc) is 2.09. The van der Waals surface area contributed by atoms with Crippen molar-refractivity contribution in [2.45, 2.75) is 25.8 Å². The molecule has 4 heteroatoms. The first kappa shape index (κ1) is 10.5. The van der Waals surface area contributed by atoms with Crippen LogP contribution in [0.4, 0.5) is 0 Å². The minimum Gasteiger partial charge on any atom is -0.466 e. The Labute approximate surface area is 78.4 Å². The highest BCUT2D eigenvalue weighted by molar-refractivity contribution is 5.69. The third-order valence-corrected chi connectivity index (χ3v) is 2.27. The van der Waals surface area contributed by atoms with E-state index in [1.807, 2.05) is 0 Å². The van der Waals surface area contributed by atoms with Crippen LogP contribution in [0.1, 0.15) is 19.8 Å². The summed E-state index contributed by atoms with van der Waals surface area (Å²) in [4.78, 5) is 11.1. The number of rotatable bonds is 3. The lowest BCUT2D eigenvalue weighted by Crippen LogP contribution is -2.39. The predicted octanol–water partition coefficient (Wildman–Crippen LogP) is 0.303. The van der Waals surface area contributed by atoms with E-state index in [4.69, 9.17) is 15.2 Å². The average molecular weight is 187 g/mol. The van der Waals surface area contributed by atoms with E-state index < -0.39 is 0 Å². The normalized spacial score (nSPS) is 28.5. The summed E-state index contributed by atoms with van der Waals surface area (Å²) in [6, 6.07) is 0.0816. The lowest BCUT2D eigenvalue weighted by atomic mass is 9.94. The first-order chi connectivity index (χ1) is 6.24. The van der Waals surface area contributed by atoms with E-state index in [1.165, 1.54) is 0 Å². The van der Waals surface area contributed by atoms with Gasteiger partial charge in [-0.2, -0.15) is 0 Å². The molecule has 0 saturated carbocycles. The summed E-state index contributed by atoms with van der Waals surface area (Å²) in [6.45, 7) is 3.53. The summed E-state index contributed by atoms with van der Waals surface area (Å²) in [6.07, 6.45) is 1.22. The molecule has 0 bridgehead atoms. The van der Waals surface area contributed by atoms with E-state index in [0.29, 0.717) is 26.2 Å². The third-order valence-electron chi connectivity index (χ3n) is 2.27. The van der Waals surface area contributed by atoms with Crippen molar-refractivity contribution >= 4 is 5.97 Å². The molecule has 0 aromatic heterocycles. The van der Waals surface area contributed by atoms with Crippen LogP contribution in [0.25, 0.3) is 0 Å². The van der Waals surface area contributed by atoms with E-state index in [1.54, 1.807) is 6.92 Å². The zero-order valence-electron chi connectivity index (χ0n) is 7.99. The second-order valence-corrected chi connectivity index (χ2v) is 3.30. The van der Waals surface area contributed by atoms with Crippen LogP contribution in [0.2, 0.25) is 0 Å². The van der Waals surface area contributed by atoms with Crippen molar-refractivity contribution in [2.75, 3.05) is 19.8 Å². The summed E-state index contributed by atoms with van der Waals surface area (Å²) in [7, 11) is 0. The van der Waals surface area contributed by atoms with Gasteiger partial charge in [0.15, 0.2) is 0 Å². The Kier molecular flexibility index (Phi) is 4.18. The molecule has 1 rings (SSSR count). The highest BCUT2D eigenvalue weighted by Gasteiger charge is 2.25. The van der Waals surface area contributed by atoms with Gasteiger partial charge in [-0.1, -0.05) is 0 Å². The van der Waals surface area contributed by atoms with Gasteiger partial charge < -0.3 is 15.2 Å². The number of hydrogen-bond acceptors (Lipinski definition) is 4. The van der Waals surface area contributed by atoms with Gasteiger partial charge in [-0.25, -0.2) is 0 Å². The van der Waals surface area contributed by atoms with E-state index in [2.05, 4.69) is 0 Å². The molecule has 2 unspecified atom stereocenters. The van der Waals surface area contributed by atoms with Crippen LogP contribution in [0.3, 0.4) is 0 Å². The molecule has 2 atom stereocenters. The highest BCUT2D eigenvalue weighted by atomic mass is 16.5. The van der Waals surface area contributed by atoms with Crippen LogP contribution < -0.4 is 5.73 Å². The van der Waals surface area contributed by atoms with Gasteiger partial charge >= 0.3 is 5.97 Å². The summed E-state index contributed by atoms with van der Waals surface area (Å²) >= 11 is 0. The molecular formula is C9H17NO3. The van der Waals surface area contributed by atoms with Crippen LogP contribution in [-0.2, 0) is 14.3 Å². The second kappa shape index (κ2) is 5.19. The van der Waals surface area contributed by atoms with E-state index in [9.17, 15) is 4.79 Å². The van der Waals surface area contributed by atoms with Crippen LogP contribution in [-0.4, -0.2) is 31.8 Å². The molecule has 1 heterocycles. The van der Waals surface area contributed by atoms with Gasteiger partial charge in [0.1, 0.15) is 0 Å². The topological polar surface area (TPSA) is 61.5 Å². The monoisotopic (exact) mass is 187 g/mol. The van der Waals surface area contributed by atoms with Gasteiger partial charge in [-0.15, -0.1) is 0 Å². The van der Waals surface area contributed by atoms with Crippen LogP contribution in [0.5, 0.6) is 0 Å². The first-order valence-electron chi connectivity index (χ1n) is 4.73. The zero-order chi connectivity index (χ0) is 9.68. The van der Waals surface area contributed by atoms with Crippen molar-refractivity contribution in [3.63, 3.8) is 0 Å². The maximum atomic E-state index is 11.1. The lowest BCUT2D eigenvalue weighted by Gasteiger charge is -2.27. The minimum atomic E-state index is -0.173. The lowest BCUT2D eigenvalue weighted by molar-refractivity contribution is -0.145. The molecule has 0 radical (unpaired) electrons. The minimum absolute atomic E-state index is 0.0816. The predicted molar refractivity (Wildman–Crippen MR) is 48.2 cm³/mol. The fourth-order valence-electron chi connectivity index (χ4n) is 1.46. The van der Waals surface area contributed by atoms with Crippen molar-refractivity contribution in [3.8, 4) is 0 Å². The molecule has 0 aromatic carbocycles. The molecule has 0 spiro atoms. The SMILES string of the molecule is CCOC(=O)CC1COCCC1N. The van der Waals surface area contributed by atoms with Crippen molar-refractivity contribution in [1.82, 2.24) is 0 Å². The molecule has 0 aromatic rings. The smallest absolute Gasteiger partial charge is 0.306 e. The maximum absolute atomic E-state index is 11.1. The molecule has 0 aliphatic carbocycles. The van der Waals surface area contributed by atoms with Crippen LogP contribution in [0, 0.1) is 5.92 Å². The van der Waals surface area contributed by atoms with Crippen LogP contribution >= 0.6 is 0 Å². The van der Waals surface area contributed by atoms with Crippen molar-refractivity contribution in [3.05, 3.63) is 0 Å². The third kappa shape index (κ3) is 3.32. The Bertz CT molecular complexity index is 172. The second-order valence-electron chi connectivity index (χ2n) is 3.30. The molecule has 1 saturated heterocycles. The quantitative estimate of drug-likeness (QED) is 0.646. The first-order valence-corrected chi connectivity index (χ1v) is 4.73. The van der Waals surface area contributed by atoms with Crippen molar-refractivity contribution in [1.29, 1.82) is 0 Å².